The van der Waals surface area contributed by atoms with Crippen LogP contribution in [-0.4, -0.2) is 79.4 Å². The van der Waals surface area contributed by atoms with Crippen molar-refractivity contribution in [3.63, 3.8) is 0 Å². The first-order valence-corrected chi connectivity index (χ1v) is 6.72. The van der Waals surface area contributed by atoms with E-state index in [-0.39, 0.29) is 6.03 Å². The number of carbonyl (C=O) groups is 2. The fourth-order valence-corrected chi connectivity index (χ4v) is 2.40. The van der Waals surface area contributed by atoms with Crippen LogP contribution in [0, 0.1) is 5.92 Å². The zero-order valence-electron chi connectivity index (χ0n) is 11.0. The molecule has 2 aliphatic rings. The van der Waals surface area contributed by atoms with Gasteiger partial charge in [-0.1, -0.05) is 0 Å². The van der Waals surface area contributed by atoms with Gasteiger partial charge in [-0.2, -0.15) is 0 Å². The van der Waals surface area contributed by atoms with Crippen LogP contribution in [0.1, 0.15) is 6.42 Å². The van der Waals surface area contributed by atoms with Crippen LogP contribution < -0.4 is 5.32 Å². The fourth-order valence-electron chi connectivity index (χ4n) is 2.40. The van der Waals surface area contributed by atoms with Gasteiger partial charge < -0.3 is 20.1 Å². The van der Waals surface area contributed by atoms with Crippen molar-refractivity contribution < 1.29 is 19.4 Å². The smallest absolute Gasteiger partial charge is 0.317 e. The standard InChI is InChI=1S/C12H21N3O4/c16-11(17)10-1-3-15(9-10)12(18)13-2-4-14-5-7-19-8-6-14/h10H,1-9H2,(H,13,18)(H,16,17). The van der Waals surface area contributed by atoms with E-state index in [1.165, 1.54) is 0 Å². The third-order valence-corrected chi connectivity index (χ3v) is 3.63. The molecule has 7 heteroatoms. The van der Waals surface area contributed by atoms with Gasteiger partial charge in [-0.3, -0.25) is 9.69 Å². The van der Waals surface area contributed by atoms with Crippen LogP contribution in [0.25, 0.3) is 0 Å². The molecule has 0 bridgehead atoms. The van der Waals surface area contributed by atoms with E-state index in [4.69, 9.17) is 9.84 Å². The maximum atomic E-state index is 11.8. The number of urea groups is 1. The molecular weight excluding hydrogens is 250 g/mol. The molecule has 0 aromatic carbocycles. The topological polar surface area (TPSA) is 82.1 Å². The largest absolute Gasteiger partial charge is 0.481 e. The Balaban J connectivity index is 1.63. The lowest BCUT2D eigenvalue weighted by Crippen LogP contribution is -2.44. The Morgan fingerprint density at radius 1 is 1.26 bits per heavy atom. The summed E-state index contributed by atoms with van der Waals surface area (Å²) in [5.74, 6) is -1.23. The lowest BCUT2D eigenvalue weighted by atomic mass is 10.1. The average Bonchev–Trinajstić information content (AvgIpc) is 2.89. The molecule has 0 aromatic rings. The molecule has 0 aliphatic carbocycles. The Labute approximate surface area is 112 Å². The van der Waals surface area contributed by atoms with Crippen LogP contribution in [0.3, 0.4) is 0 Å². The Bertz CT molecular complexity index is 331. The maximum absolute atomic E-state index is 11.8. The summed E-state index contributed by atoms with van der Waals surface area (Å²) in [5, 5.41) is 11.7. The molecule has 0 aromatic heterocycles. The van der Waals surface area contributed by atoms with Crippen molar-refractivity contribution in [2.45, 2.75) is 6.42 Å². The van der Waals surface area contributed by atoms with Crippen molar-refractivity contribution in [1.82, 2.24) is 15.1 Å². The highest BCUT2D eigenvalue weighted by molar-refractivity contribution is 5.77. The third kappa shape index (κ3) is 4.07. The van der Waals surface area contributed by atoms with Crippen LogP contribution in [0.15, 0.2) is 0 Å². The number of nitrogens with zero attached hydrogens (tertiary/aromatic N) is 2. The summed E-state index contributed by atoms with van der Waals surface area (Å²) in [5.41, 5.74) is 0. The molecule has 2 heterocycles. The fraction of sp³-hybridized carbons (Fsp3) is 0.833. The number of hydrogen-bond acceptors (Lipinski definition) is 4. The minimum absolute atomic E-state index is 0.156. The molecule has 108 valence electrons. The van der Waals surface area contributed by atoms with Gasteiger partial charge in [-0.05, 0) is 6.42 Å². The highest BCUT2D eigenvalue weighted by Crippen LogP contribution is 2.15. The molecule has 2 rings (SSSR count). The van der Waals surface area contributed by atoms with Crippen LogP contribution in [0.2, 0.25) is 0 Å². The van der Waals surface area contributed by atoms with Crippen molar-refractivity contribution in [3.05, 3.63) is 0 Å². The average molecular weight is 271 g/mol. The number of aliphatic carboxylic acids is 1. The van der Waals surface area contributed by atoms with Crippen LogP contribution in [-0.2, 0) is 9.53 Å². The van der Waals surface area contributed by atoms with E-state index < -0.39 is 11.9 Å². The first-order chi connectivity index (χ1) is 9.16. The van der Waals surface area contributed by atoms with Crippen molar-refractivity contribution in [1.29, 1.82) is 0 Å². The number of carboxylic acids is 1. The van der Waals surface area contributed by atoms with Crippen molar-refractivity contribution in [2.75, 3.05) is 52.5 Å². The van der Waals surface area contributed by atoms with E-state index in [1.807, 2.05) is 0 Å². The molecule has 2 fully saturated rings. The normalized spacial score (nSPS) is 24.4. The zero-order chi connectivity index (χ0) is 13.7. The molecule has 19 heavy (non-hydrogen) atoms. The van der Waals surface area contributed by atoms with Gasteiger partial charge in [0.1, 0.15) is 0 Å². The summed E-state index contributed by atoms with van der Waals surface area (Å²) in [7, 11) is 0. The van der Waals surface area contributed by atoms with Gasteiger partial charge in [-0.15, -0.1) is 0 Å². The predicted molar refractivity (Wildman–Crippen MR) is 68.0 cm³/mol. The Kier molecular flexibility index (Phi) is 4.98. The number of ether oxygens (including phenoxy) is 1. The van der Waals surface area contributed by atoms with Gasteiger partial charge in [0.15, 0.2) is 0 Å². The highest BCUT2D eigenvalue weighted by Gasteiger charge is 2.30. The second kappa shape index (κ2) is 6.72. The number of morpholine rings is 1. The molecule has 2 aliphatic heterocycles. The van der Waals surface area contributed by atoms with Crippen LogP contribution in [0.5, 0.6) is 0 Å². The molecule has 0 spiro atoms. The Morgan fingerprint density at radius 2 is 2.00 bits per heavy atom. The van der Waals surface area contributed by atoms with Gasteiger partial charge in [0, 0.05) is 39.3 Å². The van der Waals surface area contributed by atoms with Crippen molar-refractivity contribution >= 4 is 12.0 Å². The van der Waals surface area contributed by atoms with Crippen molar-refractivity contribution in [2.24, 2.45) is 5.92 Å². The molecule has 1 unspecified atom stereocenters. The Morgan fingerprint density at radius 3 is 2.63 bits per heavy atom. The molecule has 2 saturated heterocycles. The summed E-state index contributed by atoms with van der Waals surface area (Å²) in [4.78, 5) is 26.5. The second-order valence-corrected chi connectivity index (χ2v) is 4.96. The summed E-state index contributed by atoms with van der Waals surface area (Å²) in [6, 6.07) is -0.156. The summed E-state index contributed by atoms with van der Waals surface area (Å²) in [6.07, 6.45) is 0.548. The third-order valence-electron chi connectivity index (χ3n) is 3.63. The van der Waals surface area contributed by atoms with Gasteiger partial charge in [-0.25, -0.2) is 4.79 Å². The quantitative estimate of drug-likeness (QED) is 0.716. The summed E-state index contributed by atoms with van der Waals surface area (Å²) < 4.78 is 5.25. The zero-order valence-corrected chi connectivity index (χ0v) is 11.0. The van der Waals surface area contributed by atoms with Gasteiger partial charge >= 0.3 is 12.0 Å². The SMILES string of the molecule is O=C(O)C1CCN(C(=O)NCCN2CCOCC2)C1. The maximum Gasteiger partial charge on any atom is 0.317 e. The number of rotatable bonds is 4. The lowest BCUT2D eigenvalue weighted by Gasteiger charge is -2.27. The lowest BCUT2D eigenvalue weighted by molar-refractivity contribution is -0.141. The first-order valence-electron chi connectivity index (χ1n) is 6.72. The number of carboxylic acid groups (broad SMARTS) is 1. The number of likely N-dealkylation sites (tertiary alicyclic amines) is 1. The molecule has 1 atom stereocenters. The monoisotopic (exact) mass is 271 g/mol. The number of carbonyl (C=O) groups excluding carboxylic acids is 1. The molecule has 2 N–H and O–H groups in total. The van der Waals surface area contributed by atoms with Gasteiger partial charge in [0.2, 0.25) is 0 Å². The molecule has 2 amide bonds. The highest BCUT2D eigenvalue weighted by atomic mass is 16.5. The summed E-state index contributed by atoms with van der Waals surface area (Å²) in [6.45, 7) is 5.56. The van der Waals surface area contributed by atoms with E-state index >= 15 is 0 Å². The number of hydrogen-bond donors (Lipinski definition) is 2. The van der Waals surface area contributed by atoms with E-state index in [0.29, 0.717) is 26.1 Å². The summed E-state index contributed by atoms with van der Waals surface area (Å²) >= 11 is 0. The number of amides is 2. The minimum Gasteiger partial charge on any atom is -0.481 e. The van der Waals surface area contributed by atoms with Crippen LogP contribution in [0.4, 0.5) is 4.79 Å². The molecular formula is C12H21N3O4. The molecule has 7 nitrogen and oxygen atoms in total. The number of nitrogens with one attached hydrogen (secondary N) is 1. The van der Waals surface area contributed by atoms with Crippen LogP contribution >= 0.6 is 0 Å². The predicted octanol–water partition coefficient (Wildman–Crippen LogP) is -0.565. The minimum atomic E-state index is -0.816. The first kappa shape index (κ1) is 14.1. The van der Waals surface area contributed by atoms with E-state index in [2.05, 4.69) is 10.2 Å². The molecule has 0 radical (unpaired) electrons. The van der Waals surface area contributed by atoms with E-state index in [9.17, 15) is 9.59 Å². The van der Waals surface area contributed by atoms with Gasteiger partial charge in [0.05, 0.1) is 19.1 Å². The van der Waals surface area contributed by atoms with Crippen molar-refractivity contribution in [3.8, 4) is 0 Å². The Hall–Kier alpha value is -1.34. The van der Waals surface area contributed by atoms with E-state index in [0.717, 1.165) is 32.8 Å². The second-order valence-electron chi connectivity index (χ2n) is 4.96. The van der Waals surface area contributed by atoms with Gasteiger partial charge in [0.25, 0.3) is 0 Å². The van der Waals surface area contributed by atoms with E-state index in [1.54, 1.807) is 4.90 Å². The molecule has 0 saturated carbocycles.